The third-order valence-electron chi connectivity index (χ3n) is 5.77. The average molecular weight is 531 g/mol. The van der Waals surface area contributed by atoms with Crippen molar-refractivity contribution in [3.05, 3.63) is 95.5 Å². The second-order valence-electron chi connectivity index (χ2n) is 8.39. The Morgan fingerprint density at radius 1 is 1.09 bits per heavy atom. The van der Waals surface area contributed by atoms with Gasteiger partial charge in [-0.3, -0.25) is 4.68 Å². The van der Waals surface area contributed by atoms with Crippen molar-refractivity contribution in [1.29, 1.82) is 0 Å². The average Bonchev–Trinajstić information content (AvgIpc) is 3.51. The van der Waals surface area contributed by atoms with Gasteiger partial charge in [-0.25, -0.2) is 4.98 Å². The number of halogens is 1. The molecule has 2 aromatic carbocycles. The van der Waals surface area contributed by atoms with Crippen LogP contribution in [0.4, 0.5) is 5.69 Å². The van der Waals surface area contributed by atoms with Gasteiger partial charge in [0, 0.05) is 65.2 Å². The van der Waals surface area contributed by atoms with E-state index in [9.17, 15) is 0 Å². The minimum Gasteiger partial charge on any atom is -0.470 e. The number of nitrogens with one attached hydrogen (secondary N) is 3. The number of ether oxygens (including phenoxy) is 1. The molecule has 0 saturated heterocycles. The van der Waals surface area contributed by atoms with Gasteiger partial charge in [-0.2, -0.15) is 5.10 Å². The molecule has 3 N–H and O–H groups in total. The molecule has 4 heterocycles. The van der Waals surface area contributed by atoms with Gasteiger partial charge in [-0.05, 0) is 23.8 Å². The second-order valence-corrected chi connectivity index (χ2v) is 9.31. The second kappa shape index (κ2) is 10.8. The summed E-state index contributed by atoms with van der Waals surface area (Å²) in [6.45, 7) is 2.25. The van der Waals surface area contributed by atoms with Crippen LogP contribution in [0.3, 0.4) is 0 Å². The van der Waals surface area contributed by atoms with Gasteiger partial charge >= 0.3 is 0 Å². The van der Waals surface area contributed by atoms with Crippen molar-refractivity contribution in [3.63, 3.8) is 0 Å². The molecule has 0 bridgehead atoms. The highest BCUT2D eigenvalue weighted by molar-refractivity contribution is 9.10. The molecule has 1 atom stereocenters. The molecule has 3 aromatic heterocycles. The number of pyridine rings is 1. The zero-order chi connectivity index (χ0) is 24.0. The lowest BCUT2D eigenvalue weighted by molar-refractivity contribution is 0.193. The normalized spacial score (nSPS) is 14.4. The summed E-state index contributed by atoms with van der Waals surface area (Å²) in [5, 5.41) is 12.4. The van der Waals surface area contributed by atoms with Crippen molar-refractivity contribution >= 4 is 32.5 Å². The van der Waals surface area contributed by atoms with E-state index in [2.05, 4.69) is 72.1 Å². The van der Waals surface area contributed by atoms with Gasteiger partial charge in [0.1, 0.15) is 6.10 Å². The van der Waals surface area contributed by atoms with Crippen LogP contribution in [0.25, 0.3) is 22.0 Å². The first-order valence-electron chi connectivity index (χ1n) is 11.5. The van der Waals surface area contributed by atoms with Crippen LogP contribution < -0.4 is 15.4 Å². The van der Waals surface area contributed by atoms with E-state index in [1.807, 2.05) is 62.0 Å². The number of nitrogens with zero attached hydrogens (tertiary/aromatic N) is 3. The predicted molar refractivity (Wildman–Crippen MR) is 143 cm³/mol. The Balaban J connectivity index is 0.000000371. The van der Waals surface area contributed by atoms with Gasteiger partial charge in [0.15, 0.2) is 0 Å². The Morgan fingerprint density at radius 3 is 2.63 bits per heavy atom. The molecule has 0 aliphatic carbocycles. The Morgan fingerprint density at radius 2 is 1.89 bits per heavy atom. The molecule has 6 rings (SSSR count). The van der Waals surface area contributed by atoms with E-state index < -0.39 is 0 Å². The lowest BCUT2D eigenvalue weighted by Gasteiger charge is -2.27. The van der Waals surface area contributed by atoms with Gasteiger partial charge in [-0.1, -0.05) is 58.4 Å². The number of benzene rings is 2. The molecule has 1 unspecified atom stereocenters. The molecule has 0 fully saturated rings. The molecule has 0 amide bonds. The summed E-state index contributed by atoms with van der Waals surface area (Å²) in [4.78, 5) is 7.82. The van der Waals surface area contributed by atoms with Crippen LogP contribution >= 0.6 is 15.9 Å². The summed E-state index contributed by atoms with van der Waals surface area (Å²) in [6.07, 6.45) is 7.73. The van der Waals surface area contributed by atoms with E-state index in [1.54, 1.807) is 4.68 Å². The zero-order valence-corrected chi connectivity index (χ0v) is 21.0. The smallest absolute Gasteiger partial charge is 0.237 e. The fourth-order valence-electron chi connectivity index (χ4n) is 4.00. The molecule has 7 nitrogen and oxygen atoms in total. The largest absolute Gasteiger partial charge is 0.470 e. The number of fused-ring (bicyclic) bond motifs is 2. The SMILES string of the molecule is Cn1cc(-c2cnc3c(c2)NCC(CNCc2c[nH]c4cc(Br)ccc24)O3)cn1.c1ccccc1. The Kier molecular flexibility index (Phi) is 7.11. The number of hydrogen-bond donors (Lipinski definition) is 3. The third-order valence-corrected chi connectivity index (χ3v) is 6.26. The topological polar surface area (TPSA) is 79.8 Å². The molecule has 8 heteroatoms. The number of aromatic nitrogens is 4. The van der Waals surface area contributed by atoms with Crippen molar-refractivity contribution in [1.82, 2.24) is 25.1 Å². The highest BCUT2D eigenvalue weighted by atomic mass is 79.9. The van der Waals surface area contributed by atoms with E-state index in [1.165, 1.54) is 10.9 Å². The van der Waals surface area contributed by atoms with Crippen LogP contribution in [0, 0.1) is 0 Å². The van der Waals surface area contributed by atoms with Crippen molar-refractivity contribution in [2.45, 2.75) is 12.6 Å². The quantitative estimate of drug-likeness (QED) is 0.284. The maximum Gasteiger partial charge on any atom is 0.237 e. The number of anilines is 1. The molecule has 1 aliphatic heterocycles. The molecule has 0 saturated carbocycles. The van der Waals surface area contributed by atoms with Crippen LogP contribution in [0.1, 0.15) is 5.56 Å². The molecular weight excluding hydrogens is 504 g/mol. The van der Waals surface area contributed by atoms with E-state index in [0.717, 1.165) is 46.4 Å². The zero-order valence-electron chi connectivity index (χ0n) is 19.4. The summed E-state index contributed by atoms with van der Waals surface area (Å²) < 4.78 is 8.94. The van der Waals surface area contributed by atoms with Gasteiger partial charge in [-0.15, -0.1) is 0 Å². The lowest BCUT2D eigenvalue weighted by atomic mass is 10.1. The standard InChI is InChI=1S/C21H21BrN6O.C6H6/c1-28-12-15(9-27-28)13-4-20-21(26-7-13)29-17(11-25-20)10-23-6-14-8-24-19-5-16(22)2-3-18(14)19;1-2-4-6-5-3-1/h2-5,7-9,12,17,23-25H,6,10-11H2,1H3;1-6H. The highest BCUT2D eigenvalue weighted by Gasteiger charge is 2.21. The van der Waals surface area contributed by atoms with Gasteiger partial charge in [0.05, 0.1) is 18.4 Å². The first kappa shape index (κ1) is 23.1. The predicted octanol–water partition coefficient (Wildman–Crippen LogP) is 5.38. The Hall–Kier alpha value is -3.62. The molecule has 0 radical (unpaired) electrons. The summed E-state index contributed by atoms with van der Waals surface area (Å²) in [7, 11) is 1.91. The third kappa shape index (κ3) is 5.72. The van der Waals surface area contributed by atoms with Gasteiger partial charge < -0.3 is 20.4 Å². The number of rotatable bonds is 5. The summed E-state index contributed by atoms with van der Waals surface area (Å²) in [5.74, 6) is 0.646. The molecule has 1 aliphatic rings. The number of hydrogen-bond acceptors (Lipinski definition) is 5. The molecule has 35 heavy (non-hydrogen) atoms. The van der Waals surface area contributed by atoms with E-state index >= 15 is 0 Å². The first-order valence-corrected chi connectivity index (χ1v) is 12.3. The monoisotopic (exact) mass is 530 g/mol. The van der Waals surface area contributed by atoms with Crippen LogP contribution in [0.15, 0.2) is 89.9 Å². The highest BCUT2D eigenvalue weighted by Crippen LogP contribution is 2.31. The van der Waals surface area contributed by atoms with Crippen LogP contribution in [-0.2, 0) is 13.6 Å². The number of aryl methyl sites for hydroxylation is 1. The van der Waals surface area contributed by atoms with Crippen molar-refractivity contribution in [3.8, 4) is 17.0 Å². The van der Waals surface area contributed by atoms with Crippen LogP contribution in [-0.4, -0.2) is 38.9 Å². The summed E-state index contributed by atoms with van der Waals surface area (Å²) in [6, 6.07) is 20.4. The number of H-pyrrole nitrogens is 1. The van der Waals surface area contributed by atoms with Gasteiger partial charge in [0.2, 0.25) is 5.88 Å². The maximum absolute atomic E-state index is 6.08. The van der Waals surface area contributed by atoms with Crippen molar-refractivity contribution < 1.29 is 4.74 Å². The van der Waals surface area contributed by atoms with Crippen LogP contribution in [0.5, 0.6) is 5.88 Å². The van der Waals surface area contributed by atoms with Crippen molar-refractivity contribution in [2.24, 2.45) is 7.05 Å². The Bertz CT molecular complexity index is 1370. The first-order chi connectivity index (χ1) is 17.2. The fraction of sp³-hybridized carbons (Fsp3) is 0.185. The fourth-order valence-corrected chi connectivity index (χ4v) is 4.36. The molecule has 0 spiro atoms. The lowest BCUT2D eigenvalue weighted by Crippen LogP contribution is -2.39. The van der Waals surface area contributed by atoms with E-state index in [4.69, 9.17) is 4.74 Å². The molecule has 178 valence electrons. The van der Waals surface area contributed by atoms with Crippen molar-refractivity contribution in [2.75, 3.05) is 18.4 Å². The molecule has 5 aromatic rings. The van der Waals surface area contributed by atoms with E-state index in [-0.39, 0.29) is 6.10 Å². The molecular formula is C27H27BrN6O. The Labute approximate surface area is 212 Å². The van der Waals surface area contributed by atoms with E-state index in [0.29, 0.717) is 5.88 Å². The van der Waals surface area contributed by atoms with Crippen LogP contribution in [0.2, 0.25) is 0 Å². The minimum absolute atomic E-state index is 0.0265. The van der Waals surface area contributed by atoms with Gasteiger partial charge in [0.25, 0.3) is 0 Å². The minimum atomic E-state index is 0.0265. The summed E-state index contributed by atoms with van der Waals surface area (Å²) >= 11 is 3.51. The maximum atomic E-state index is 6.08. The summed E-state index contributed by atoms with van der Waals surface area (Å²) in [5.41, 5.74) is 5.37. The number of aromatic amines is 1.